The minimum Gasteiger partial charge on any atom is -0.456 e. The van der Waals surface area contributed by atoms with Crippen molar-refractivity contribution >= 4 is 62.1 Å². The number of hydrogen-bond acceptors (Lipinski definition) is 7. The molecule has 0 N–H and O–H groups in total. The molecule has 6 heterocycles. The first-order chi connectivity index (χ1) is 32.1. The molecular weight excluding hydrogens is 818 g/mol. The molecule has 0 radical (unpaired) electrons. The molecule has 4 aromatic heterocycles. The van der Waals surface area contributed by atoms with Crippen LogP contribution in [0, 0.1) is 0 Å². The quantitative estimate of drug-likeness (QED) is 0.159. The van der Waals surface area contributed by atoms with Gasteiger partial charge in [0.1, 0.15) is 11.2 Å². The minimum absolute atomic E-state index is 0.583. The topological polar surface area (TPSA) is 85.0 Å². The number of fused-ring (bicyclic) bond motifs is 11. The SMILES string of the molecule is O=P1(c2ccccc2)c2ccccc2C2(c3ccccc3N(c3ccccc3)c3cc(-c4nc(-c5ccncc5)cc(-c5ccncc5)n4)ccc32)c2cc3c(cc21)oc1ccccc13. The third-order valence-electron chi connectivity index (χ3n) is 13.1. The summed E-state index contributed by atoms with van der Waals surface area (Å²) in [6, 6.07) is 66.6. The van der Waals surface area contributed by atoms with Gasteiger partial charge >= 0.3 is 0 Å². The summed E-state index contributed by atoms with van der Waals surface area (Å²) < 4.78 is 23.4. The van der Waals surface area contributed by atoms with Gasteiger partial charge in [-0.15, -0.1) is 0 Å². The molecule has 11 aromatic rings. The number of benzene rings is 7. The van der Waals surface area contributed by atoms with Crippen LogP contribution < -0.4 is 20.8 Å². The van der Waals surface area contributed by atoms with Crippen LogP contribution in [-0.4, -0.2) is 19.9 Å². The number of nitrogens with zero attached hydrogens (tertiary/aromatic N) is 5. The predicted molar refractivity (Wildman–Crippen MR) is 261 cm³/mol. The van der Waals surface area contributed by atoms with Gasteiger partial charge in [0, 0.05) is 73.9 Å². The molecule has 2 unspecified atom stereocenters. The zero-order chi connectivity index (χ0) is 43.1. The summed E-state index contributed by atoms with van der Waals surface area (Å²) in [5.41, 5.74) is 11.9. The summed E-state index contributed by atoms with van der Waals surface area (Å²) in [4.78, 5) is 21.4. The third-order valence-corrected chi connectivity index (χ3v) is 16.3. The average molecular weight is 854 g/mol. The fraction of sp³-hybridized carbons (Fsp3) is 0.0175. The Balaban J connectivity index is 1.16. The molecule has 2 aliphatic heterocycles. The molecule has 0 aliphatic carbocycles. The number of furan rings is 1. The van der Waals surface area contributed by atoms with Crippen LogP contribution in [0.1, 0.15) is 22.3 Å². The largest absolute Gasteiger partial charge is 0.456 e. The van der Waals surface area contributed by atoms with Gasteiger partial charge in [-0.2, -0.15) is 0 Å². The molecule has 1 spiro atoms. The molecule has 65 heavy (non-hydrogen) atoms. The molecule has 2 aliphatic rings. The van der Waals surface area contributed by atoms with Crippen LogP contribution in [0.3, 0.4) is 0 Å². The van der Waals surface area contributed by atoms with Crippen LogP contribution in [0.15, 0.2) is 223 Å². The number of rotatable bonds is 5. The highest BCUT2D eigenvalue weighted by molar-refractivity contribution is 7.85. The van der Waals surface area contributed by atoms with E-state index < -0.39 is 12.6 Å². The van der Waals surface area contributed by atoms with Crippen LogP contribution in [0.2, 0.25) is 0 Å². The summed E-state index contributed by atoms with van der Waals surface area (Å²) in [7, 11) is -3.51. The summed E-state index contributed by atoms with van der Waals surface area (Å²) in [6.45, 7) is 0. The van der Waals surface area contributed by atoms with E-state index in [4.69, 9.17) is 14.4 Å². The van der Waals surface area contributed by atoms with E-state index in [2.05, 4.69) is 118 Å². The number of aromatic nitrogens is 4. The van der Waals surface area contributed by atoms with E-state index in [1.54, 1.807) is 24.8 Å². The predicted octanol–water partition coefficient (Wildman–Crippen LogP) is 12.3. The van der Waals surface area contributed by atoms with Gasteiger partial charge in [-0.3, -0.25) is 9.97 Å². The fourth-order valence-corrected chi connectivity index (χ4v) is 13.5. The van der Waals surface area contributed by atoms with E-state index in [0.29, 0.717) is 11.4 Å². The summed E-state index contributed by atoms with van der Waals surface area (Å²) in [5, 5.41) is 4.34. The third kappa shape index (κ3) is 5.46. The van der Waals surface area contributed by atoms with Gasteiger partial charge in [-0.1, -0.05) is 121 Å². The first kappa shape index (κ1) is 37.3. The number of para-hydroxylation sites is 3. The summed E-state index contributed by atoms with van der Waals surface area (Å²) >= 11 is 0. The Morgan fingerprint density at radius 3 is 1.80 bits per heavy atom. The van der Waals surface area contributed by atoms with Crippen LogP contribution in [0.25, 0.3) is 55.8 Å². The smallest absolute Gasteiger partial charge is 0.171 e. The van der Waals surface area contributed by atoms with E-state index in [0.717, 1.165) is 99.7 Å². The second-order valence-corrected chi connectivity index (χ2v) is 19.2. The van der Waals surface area contributed by atoms with Crippen molar-refractivity contribution in [3.63, 3.8) is 0 Å². The van der Waals surface area contributed by atoms with Crippen molar-refractivity contribution in [3.05, 3.63) is 241 Å². The lowest BCUT2D eigenvalue weighted by Gasteiger charge is -2.50. The first-order valence-electron chi connectivity index (χ1n) is 21.6. The van der Waals surface area contributed by atoms with Gasteiger partial charge in [0.25, 0.3) is 0 Å². The van der Waals surface area contributed by atoms with Crippen molar-refractivity contribution in [2.24, 2.45) is 0 Å². The van der Waals surface area contributed by atoms with E-state index in [1.165, 1.54) is 0 Å². The molecule has 0 bridgehead atoms. The van der Waals surface area contributed by atoms with E-state index in [1.807, 2.05) is 91.0 Å². The maximum Gasteiger partial charge on any atom is 0.171 e. The molecule has 7 nitrogen and oxygen atoms in total. The average Bonchev–Trinajstić information content (AvgIpc) is 3.75. The van der Waals surface area contributed by atoms with Crippen molar-refractivity contribution in [2.45, 2.75) is 5.41 Å². The van der Waals surface area contributed by atoms with Crippen LogP contribution >= 0.6 is 7.14 Å². The zero-order valence-corrected chi connectivity index (χ0v) is 35.7. The molecular formula is C57H36N5O2P. The second-order valence-electron chi connectivity index (χ2n) is 16.5. The lowest BCUT2D eigenvalue weighted by atomic mass is 9.62. The molecule has 2 atom stereocenters. The van der Waals surface area contributed by atoms with Crippen LogP contribution in [-0.2, 0) is 9.98 Å². The molecule has 0 saturated carbocycles. The Hall–Kier alpha value is -8.25. The van der Waals surface area contributed by atoms with Gasteiger partial charge < -0.3 is 13.9 Å². The Kier molecular flexibility index (Phi) is 8.26. The molecule has 306 valence electrons. The molecule has 7 aromatic carbocycles. The maximum absolute atomic E-state index is 16.7. The zero-order valence-electron chi connectivity index (χ0n) is 34.8. The van der Waals surface area contributed by atoms with Crippen molar-refractivity contribution in [2.75, 3.05) is 4.90 Å². The lowest BCUT2D eigenvalue weighted by Crippen LogP contribution is -2.49. The van der Waals surface area contributed by atoms with Gasteiger partial charge in [-0.25, -0.2) is 9.97 Å². The molecule has 0 amide bonds. The van der Waals surface area contributed by atoms with E-state index >= 15 is 4.57 Å². The Bertz CT molecular complexity index is 3650. The van der Waals surface area contributed by atoms with Gasteiger partial charge in [0.05, 0.1) is 28.2 Å². The molecule has 8 heteroatoms. The summed E-state index contributed by atoms with van der Waals surface area (Å²) in [6.07, 6.45) is 7.14. The first-order valence-corrected chi connectivity index (χ1v) is 23.3. The van der Waals surface area contributed by atoms with Crippen molar-refractivity contribution < 1.29 is 8.98 Å². The van der Waals surface area contributed by atoms with Crippen molar-refractivity contribution in [1.29, 1.82) is 0 Å². The summed E-state index contributed by atoms with van der Waals surface area (Å²) in [5.74, 6) is 0.583. The number of hydrogen-bond donors (Lipinski definition) is 0. The van der Waals surface area contributed by atoms with Gasteiger partial charge in [-0.05, 0) is 95.1 Å². The highest BCUT2D eigenvalue weighted by Gasteiger charge is 2.55. The van der Waals surface area contributed by atoms with Crippen LogP contribution in [0.4, 0.5) is 17.1 Å². The normalized spacial score (nSPS) is 17.1. The maximum atomic E-state index is 16.7. The van der Waals surface area contributed by atoms with E-state index in [-0.39, 0.29) is 0 Å². The van der Waals surface area contributed by atoms with Crippen LogP contribution in [0.5, 0.6) is 0 Å². The molecule has 0 fully saturated rings. The number of anilines is 3. The van der Waals surface area contributed by atoms with E-state index in [9.17, 15) is 0 Å². The fourth-order valence-electron chi connectivity index (χ4n) is 10.4. The van der Waals surface area contributed by atoms with Gasteiger partial charge in [0.2, 0.25) is 0 Å². The minimum atomic E-state index is -3.51. The van der Waals surface area contributed by atoms with Crippen molar-refractivity contribution in [1.82, 2.24) is 19.9 Å². The molecule has 0 saturated heterocycles. The lowest BCUT2D eigenvalue weighted by molar-refractivity contribution is 0.590. The standard InChI is InChI=1S/C57H36N5O2P/c63-65(41-15-5-2-6-16-41)54-22-12-9-19-46(54)57(47-34-43-42-17-7-11-21-52(42)64-53(43)36-55(47)65)44-18-8-10-20-50(44)62(40-13-3-1-4-14-40)51-33-39(23-24-45(51)57)56-60-48(37-25-29-58-30-26-37)35-49(61-56)38-27-31-59-32-28-38/h1-36H. The highest BCUT2D eigenvalue weighted by atomic mass is 31.2. The highest BCUT2D eigenvalue weighted by Crippen LogP contribution is 2.63. The monoisotopic (exact) mass is 853 g/mol. The van der Waals surface area contributed by atoms with Gasteiger partial charge in [0.15, 0.2) is 13.0 Å². The molecule has 13 rings (SSSR count). The van der Waals surface area contributed by atoms with Crippen molar-refractivity contribution in [3.8, 4) is 33.9 Å². The second kappa shape index (κ2) is 14.4. The number of pyridine rings is 2. The Labute approximate surface area is 374 Å². The Morgan fingerprint density at radius 1 is 0.446 bits per heavy atom. The Morgan fingerprint density at radius 2 is 1.06 bits per heavy atom.